The summed E-state index contributed by atoms with van der Waals surface area (Å²) >= 11 is 5.83. The number of benzene rings is 1. The fourth-order valence-electron chi connectivity index (χ4n) is 1.52. The molecule has 0 spiro atoms. The molecule has 0 radical (unpaired) electrons. The van der Waals surface area contributed by atoms with Gasteiger partial charge in [-0.3, -0.25) is 9.78 Å². The number of carboxylic acid groups (broad SMARTS) is 1. The highest BCUT2D eigenvalue weighted by Crippen LogP contribution is 2.25. The van der Waals surface area contributed by atoms with Crippen molar-refractivity contribution >= 4 is 29.2 Å². The minimum absolute atomic E-state index is 0.0811. The third-order valence-corrected chi connectivity index (χ3v) is 2.81. The number of aromatic nitrogens is 1. The molecule has 0 aliphatic rings. The summed E-state index contributed by atoms with van der Waals surface area (Å²) in [5.41, 5.74) is 0.207. The zero-order chi connectivity index (χ0) is 14.7. The van der Waals surface area contributed by atoms with E-state index in [1.165, 1.54) is 30.6 Å². The van der Waals surface area contributed by atoms with Crippen LogP contribution in [0.1, 0.15) is 20.7 Å². The fraction of sp³-hybridized carbons (Fsp3) is 0. The predicted octanol–water partition coefficient (Wildman–Crippen LogP) is 2.39. The first-order valence-corrected chi connectivity index (χ1v) is 5.84. The van der Waals surface area contributed by atoms with Crippen molar-refractivity contribution in [3.8, 4) is 5.75 Å². The van der Waals surface area contributed by atoms with Gasteiger partial charge >= 0.3 is 5.97 Å². The van der Waals surface area contributed by atoms with Gasteiger partial charge < -0.3 is 15.5 Å². The molecule has 0 aliphatic carbocycles. The van der Waals surface area contributed by atoms with E-state index >= 15 is 0 Å². The van der Waals surface area contributed by atoms with Crippen molar-refractivity contribution in [1.29, 1.82) is 0 Å². The summed E-state index contributed by atoms with van der Waals surface area (Å²) in [5.74, 6) is -2.05. The van der Waals surface area contributed by atoms with Crippen molar-refractivity contribution in [2.24, 2.45) is 0 Å². The molecule has 1 aromatic heterocycles. The number of aromatic carboxylic acids is 1. The molecule has 20 heavy (non-hydrogen) atoms. The monoisotopic (exact) mass is 292 g/mol. The lowest BCUT2D eigenvalue weighted by atomic mass is 10.2. The Morgan fingerprint density at radius 2 is 2.00 bits per heavy atom. The summed E-state index contributed by atoms with van der Waals surface area (Å²) in [4.78, 5) is 26.4. The number of rotatable bonds is 3. The van der Waals surface area contributed by atoms with Crippen LogP contribution in [0.4, 0.5) is 5.69 Å². The topological polar surface area (TPSA) is 99.5 Å². The SMILES string of the molecule is O=C(O)c1ccc(NC(=O)c2ccncc2Cl)c(O)c1. The van der Waals surface area contributed by atoms with Gasteiger partial charge in [-0.2, -0.15) is 0 Å². The lowest BCUT2D eigenvalue weighted by Gasteiger charge is -2.08. The molecule has 0 saturated carbocycles. The summed E-state index contributed by atoms with van der Waals surface area (Å²) in [5, 5.41) is 21.1. The van der Waals surface area contributed by atoms with Gasteiger partial charge in [-0.15, -0.1) is 0 Å². The summed E-state index contributed by atoms with van der Waals surface area (Å²) in [6, 6.07) is 5.05. The first-order chi connectivity index (χ1) is 9.49. The van der Waals surface area contributed by atoms with E-state index in [-0.39, 0.29) is 27.6 Å². The summed E-state index contributed by atoms with van der Waals surface area (Å²) in [7, 11) is 0. The molecular formula is C13H9ClN2O4. The predicted molar refractivity (Wildman–Crippen MR) is 72.3 cm³/mol. The highest BCUT2D eigenvalue weighted by Gasteiger charge is 2.13. The van der Waals surface area contributed by atoms with Gasteiger partial charge in [-0.25, -0.2) is 4.79 Å². The number of carboxylic acids is 1. The molecule has 6 nitrogen and oxygen atoms in total. The van der Waals surface area contributed by atoms with Crippen molar-refractivity contribution in [3.63, 3.8) is 0 Å². The average Bonchev–Trinajstić information content (AvgIpc) is 2.41. The Morgan fingerprint density at radius 1 is 1.25 bits per heavy atom. The number of hydrogen-bond acceptors (Lipinski definition) is 4. The van der Waals surface area contributed by atoms with Crippen LogP contribution in [0.25, 0.3) is 0 Å². The van der Waals surface area contributed by atoms with Crippen LogP contribution in [-0.2, 0) is 0 Å². The van der Waals surface area contributed by atoms with E-state index in [1.54, 1.807) is 0 Å². The second-order valence-corrected chi connectivity index (χ2v) is 4.25. The minimum atomic E-state index is -1.17. The van der Waals surface area contributed by atoms with Gasteiger partial charge in [0.1, 0.15) is 5.75 Å². The number of pyridine rings is 1. The van der Waals surface area contributed by atoms with Crippen molar-refractivity contribution in [2.45, 2.75) is 0 Å². The van der Waals surface area contributed by atoms with Crippen LogP contribution in [0.2, 0.25) is 5.02 Å². The lowest BCUT2D eigenvalue weighted by molar-refractivity contribution is 0.0696. The van der Waals surface area contributed by atoms with Gasteiger partial charge in [-0.05, 0) is 24.3 Å². The highest BCUT2D eigenvalue weighted by molar-refractivity contribution is 6.34. The van der Waals surface area contributed by atoms with E-state index in [1.807, 2.05) is 0 Å². The molecule has 1 amide bonds. The Labute approximate surface area is 118 Å². The van der Waals surface area contributed by atoms with Gasteiger partial charge in [0.25, 0.3) is 5.91 Å². The molecule has 1 heterocycles. The maximum absolute atomic E-state index is 12.0. The van der Waals surface area contributed by atoms with Crippen LogP contribution < -0.4 is 5.32 Å². The number of phenolic OH excluding ortho intramolecular Hbond substituents is 1. The Morgan fingerprint density at radius 3 is 2.60 bits per heavy atom. The normalized spacial score (nSPS) is 10.1. The zero-order valence-corrected chi connectivity index (χ0v) is 10.8. The van der Waals surface area contributed by atoms with Crippen LogP contribution in [-0.4, -0.2) is 27.1 Å². The van der Waals surface area contributed by atoms with Crippen molar-refractivity contribution in [1.82, 2.24) is 4.98 Å². The minimum Gasteiger partial charge on any atom is -0.506 e. The largest absolute Gasteiger partial charge is 0.506 e. The molecule has 102 valence electrons. The van der Waals surface area contributed by atoms with E-state index in [4.69, 9.17) is 16.7 Å². The summed E-state index contributed by atoms with van der Waals surface area (Å²) in [6.45, 7) is 0. The zero-order valence-electron chi connectivity index (χ0n) is 10.0. The molecule has 1 aromatic carbocycles. The number of hydrogen-bond donors (Lipinski definition) is 3. The molecular weight excluding hydrogens is 284 g/mol. The Hall–Kier alpha value is -2.60. The third kappa shape index (κ3) is 2.86. The molecule has 0 saturated heterocycles. The fourth-order valence-corrected chi connectivity index (χ4v) is 1.72. The van der Waals surface area contributed by atoms with E-state index < -0.39 is 11.9 Å². The van der Waals surface area contributed by atoms with Gasteiger partial charge in [-0.1, -0.05) is 11.6 Å². The molecule has 0 unspecified atom stereocenters. The van der Waals surface area contributed by atoms with Gasteiger partial charge in [0.15, 0.2) is 0 Å². The number of phenols is 1. The van der Waals surface area contributed by atoms with Crippen LogP contribution in [0.5, 0.6) is 5.75 Å². The average molecular weight is 293 g/mol. The molecule has 2 aromatic rings. The number of carbonyl (C=O) groups excluding carboxylic acids is 1. The first kappa shape index (κ1) is 13.8. The molecule has 0 fully saturated rings. The summed E-state index contributed by atoms with van der Waals surface area (Å²) in [6.07, 6.45) is 2.73. The number of carbonyl (C=O) groups is 2. The highest BCUT2D eigenvalue weighted by atomic mass is 35.5. The van der Waals surface area contributed by atoms with Crippen molar-refractivity contribution in [3.05, 3.63) is 52.8 Å². The molecule has 2 rings (SSSR count). The molecule has 7 heteroatoms. The van der Waals surface area contributed by atoms with Crippen LogP contribution in [0.15, 0.2) is 36.7 Å². The van der Waals surface area contributed by atoms with E-state index in [9.17, 15) is 14.7 Å². The maximum atomic E-state index is 12.0. The number of aromatic hydroxyl groups is 1. The third-order valence-electron chi connectivity index (χ3n) is 2.51. The van der Waals surface area contributed by atoms with Crippen molar-refractivity contribution < 1.29 is 19.8 Å². The molecule has 0 bridgehead atoms. The van der Waals surface area contributed by atoms with Crippen molar-refractivity contribution in [2.75, 3.05) is 5.32 Å². The standard InChI is InChI=1S/C13H9ClN2O4/c14-9-6-15-4-3-8(9)12(18)16-10-2-1-7(13(19)20)5-11(10)17/h1-6,17H,(H,16,18)(H,19,20). The smallest absolute Gasteiger partial charge is 0.335 e. The molecule has 0 aliphatic heterocycles. The lowest BCUT2D eigenvalue weighted by Crippen LogP contribution is -2.13. The van der Waals surface area contributed by atoms with Crippen LogP contribution in [0.3, 0.4) is 0 Å². The molecule has 3 N–H and O–H groups in total. The van der Waals surface area contributed by atoms with Gasteiger partial charge in [0.05, 0.1) is 21.8 Å². The Kier molecular flexibility index (Phi) is 3.86. The van der Waals surface area contributed by atoms with E-state index in [0.717, 1.165) is 6.07 Å². The number of halogens is 1. The number of nitrogens with zero attached hydrogens (tertiary/aromatic N) is 1. The van der Waals surface area contributed by atoms with Crippen LogP contribution >= 0.6 is 11.6 Å². The Bertz CT molecular complexity index is 688. The summed E-state index contributed by atoms with van der Waals surface area (Å²) < 4.78 is 0. The van der Waals surface area contributed by atoms with E-state index in [0.29, 0.717) is 0 Å². The number of amides is 1. The van der Waals surface area contributed by atoms with Crippen LogP contribution in [0, 0.1) is 0 Å². The second kappa shape index (κ2) is 5.58. The maximum Gasteiger partial charge on any atom is 0.335 e. The number of anilines is 1. The second-order valence-electron chi connectivity index (χ2n) is 3.85. The quantitative estimate of drug-likeness (QED) is 0.754. The first-order valence-electron chi connectivity index (χ1n) is 5.46. The van der Waals surface area contributed by atoms with E-state index in [2.05, 4.69) is 10.3 Å². The van der Waals surface area contributed by atoms with Gasteiger partial charge in [0, 0.05) is 12.4 Å². The Balaban J connectivity index is 2.25. The number of nitrogens with one attached hydrogen (secondary N) is 1. The van der Waals surface area contributed by atoms with Gasteiger partial charge in [0.2, 0.25) is 0 Å². The molecule has 0 atom stereocenters.